The molecule has 3 N–H and O–H groups in total. The summed E-state index contributed by atoms with van der Waals surface area (Å²) in [5.41, 5.74) is 7.51. The number of carbonyl (C=O) groups is 1. The molecule has 2 aromatic heterocycles. The van der Waals surface area contributed by atoms with Gasteiger partial charge in [-0.05, 0) is 23.8 Å². The van der Waals surface area contributed by atoms with Crippen molar-refractivity contribution in [2.24, 2.45) is 5.84 Å². The number of nitrogens with two attached hydrogens (primary N) is 1. The van der Waals surface area contributed by atoms with Gasteiger partial charge < -0.3 is 8.97 Å². The topological polar surface area (TPSA) is 64.5 Å². The summed E-state index contributed by atoms with van der Waals surface area (Å²) in [6.45, 7) is 0.186. The van der Waals surface area contributed by atoms with E-state index < -0.39 is 0 Å². The van der Waals surface area contributed by atoms with E-state index in [1.165, 1.54) is 0 Å². The number of para-hydroxylation sites is 2. The fourth-order valence-corrected chi connectivity index (χ4v) is 3.02. The first-order valence-electron chi connectivity index (χ1n) is 7.42. The standard InChI is InChI=1S/C18H16N4O/c19-20-17(23)12-22-16-9-5-4-8-15(16)21-11-14(10-18(21)22)13-6-2-1-3-7-13/h1-11H,12,19H2,(H,20,23). The Morgan fingerprint density at radius 3 is 2.39 bits per heavy atom. The molecule has 0 spiro atoms. The highest BCUT2D eigenvalue weighted by Gasteiger charge is 2.14. The van der Waals surface area contributed by atoms with Gasteiger partial charge in [0, 0.05) is 11.8 Å². The molecule has 23 heavy (non-hydrogen) atoms. The maximum atomic E-state index is 11.8. The molecule has 4 rings (SSSR count). The summed E-state index contributed by atoms with van der Waals surface area (Å²) in [5.74, 6) is 5.03. The van der Waals surface area contributed by atoms with E-state index in [9.17, 15) is 4.79 Å². The third-order valence-electron chi connectivity index (χ3n) is 4.08. The van der Waals surface area contributed by atoms with E-state index in [0.29, 0.717) is 0 Å². The van der Waals surface area contributed by atoms with Gasteiger partial charge in [-0.2, -0.15) is 0 Å². The predicted molar refractivity (Wildman–Crippen MR) is 90.7 cm³/mol. The molecule has 0 aliphatic heterocycles. The van der Waals surface area contributed by atoms with Crippen LogP contribution in [0.1, 0.15) is 0 Å². The number of rotatable bonds is 3. The van der Waals surface area contributed by atoms with Crippen molar-refractivity contribution < 1.29 is 4.79 Å². The highest BCUT2D eigenvalue weighted by molar-refractivity contribution is 5.87. The molecule has 2 heterocycles. The van der Waals surface area contributed by atoms with Crippen LogP contribution >= 0.6 is 0 Å². The maximum absolute atomic E-state index is 11.8. The van der Waals surface area contributed by atoms with Crippen molar-refractivity contribution in [3.63, 3.8) is 0 Å². The van der Waals surface area contributed by atoms with Crippen molar-refractivity contribution in [3.8, 4) is 11.1 Å². The quantitative estimate of drug-likeness (QED) is 0.347. The third-order valence-corrected chi connectivity index (χ3v) is 4.08. The van der Waals surface area contributed by atoms with Crippen LogP contribution in [0.3, 0.4) is 0 Å². The van der Waals surface area contributed by atoms with Gasteiger partial charge in [-0.15, -0.1) is 0 Å². The molecule has 0 radical (unpaired) electrons. The predicted octanol–water partition coefficient (Wildman–Crippen LogP) is 2.55. The number of aromatic nitrogens is 2. The lowest BCUT2D eigenvalue weighted by Gasteiger charge is -2.04. The minimum absolute atomic E-state index is 0.186. The van der Waals surface area contributed by atoms with E-state index in [1.54, 1.807) is 0 Å². The van der Waals surface area contributed by atoms with Crippen LogP contribution in [0.15, 0.2) is 66.9 Å². The lowest BCUT2D eigenvalue weighted by Crippen LogP contribution is -2.33. The van der Waals surface area contributed by atoms with Gasteiger partial charge in [0.15, 0.2) is 0 Å². The van der Waals surface area contributed by atoms with E-state index in [4.69, 9.17) is 5.84 Å². The first-order chi connectivity index (χ1) is 11.3. The smallest absolute Gasteiger partial charge is 0.253 e. The highest BCUT2D eigenvalue weighted by atomic mass is 16.2. The van der Waals surface area contributed by atoms with Crippen molar-refractivity contribution in [1.82, 2.24) is 14.4 Å². The fourth-order valence-electron chi connectivity index (χ4n) is 3.02. The lowest BCUT2D eigenvalue weighted by molar-refractivity contribution is -0.121. The average Bonchev–Trinajstić information content (AvgIpc) is 3.15. The van der Waals surface area contributed by atoms with E-state index in [0.717, 1.165) is 27.8 Å². The Bertz CT molecular complexity index is 998. The average molecular weight is 304 g/mol. The molecular formula is C18H16N4O. The molecular weight excluding hydrogens is 288 g/mol. The summed E-state index contributed by atoms with van der Waals surface area (Å²) in [6, 6.07) is 20.3. The molecule has 0 atom stereocenters. The molecule has 0 aliphatic rings. The van der Waals surface area contributed by atoms with Gasteiger partial charge in [-0.3, -0.25) is 10.2 Å². The van der Waals surface area contributed by atoms with Crippen LogP contribution in [0.4, 0.5) is 0 Å². The summed E-state index contributed by atoms with van der Waals surface area (Å²) < 4.78 is 4.09. The molecule has 5 nitrogen and oxygen atoms in total. The number of carbonyl (C=O) groups excluding carboxylic acids is 1. The summed E-state index contributed by atoms with van der Waals surface area (Å²) in [5, 5.41) is 0. The number of amides is 1. The Balaban J connectivity index is 1.97. The van der Waals surface area contributed by atoms with Gasteiger partial charge in [0.25, 0.3) is 5.91 Å². The number of hydrogen-bond donors (Lipinski definition) is 2. The zero-order valence-corrected chi connectivity index (χ0v) is 12.4. The van der Waals surface area contributed by atoms with Gasteiger partial charge in [0.1, 0.15) is 12.2 Å². The van der Waals surface area contributed by atoms with Crippen molar-refractivity contribution >= 4 is 22.6 Å². The number of hydrogen-bond acceptors (Lipinski definition) is 2. The number of fused-ring (bicyclic) bond motifs is 3. The normalized spacial score (nSPS) is 11.2. The Kier molecular flexibility index (Phi) is 3.13. The van der Waals surface area contributed by atoms with Crippen LogP contribution in [0.25, 0.3) is 27.8 Å². The molecule has 0 fully saturated rings. The monoisotopic (exact) mass is 304 g/mol. The number of imidazole rings is 1. The lowest BCUT2D eigenvalue weighted by atomic mass is 10.1. The second kappa shape index (κ2) is 5.30. The van der Waals surface area contributed by atoms with Crippen molar-refractivity contribution in [3.05, 3.63) is 66.9 Å². The molecule has 4 aromatic rings. The van der Waals surface area contributed by atoms with Crippen molar-refractivity contribution in [1.29, 1.82) is 0 Å². The van der Waals surface area contributed by atoms with Crippen LogP contribution in [0.2, 0.25) is 0 Å². The summed E-state index contributed by atoms with van der Waals surface area (Å²) in [6.07, 6.45) is 2.10. The van der Waals surface area contributed by atoms with Crippen LogP contribution in [0, 0.1) is 0 Å². The zero-order valence-electron chi connectivity index (χ0n) is 12.4. The molecule has 0 unspecified atom stereocenters. The van der Waals surface area contributed by atoms with E-state index in [-0.39, 0.29) is 12.5 Å². The van der Waals surface area contributed by atoms with Gasteiger partial charge in [0.05, 0.1) is 11.0 Å². The molecule has 0 aliphatic carbocycles. The molecule has 0 bridgehead atoms. The van der Waals surface area contributed by atoms with Crippen LogP contribution in [-0.4, -0.2) is 14.9 Å². The van der Waals surface area contributed by atoms with Crippen LogP contribution < -0.4 is 11.3 Å². The molecule has 114 valence electrons. The Labute approximate surface area is 132 Å². The maximum Gasteiger partial charge on any atom is 0.253 e. The van der Waals surface area contributed by atoms with Gasteiger partial charge in [0.2, 0.25) is 0 Å². The van der Waals surface area contributed by atoms with Crippen molar-refractivity contribution in [2.45, 2.75) is 6.54 Å². The second-order valence-corrected chi connectivity index (χ2v) is 5.47. The van der Waals surface area contributed by atoms with Gasteiger partial charge in [-0.25, -0.2) is 5.84 Å². The fraction of sp³-hybridized carbons (Fsp3) is 0.0556. The Hall–Kier alpha value is -3.05. The largest absolute Gasteiger partial charge is 0.316 e. The molecule has 0 saturated carbocycles. The van der Waals surface area contributed by atoms with Gasteiger partial charge in [-0.1, -0.05) is 42.5 Å². The van der Waals surface area contributed by atoms with E-state index in [2.05, 4.69) is 34.2 Å². The third kappa shape index (κ3) is 2.18. The SMILES string of the molecule is NNC(=O)Cn1c2ccccc2n2cc(-c3ccccc3)cc12. The molecule has 5 heteroatoms. The van der Waals surface area contributed by atoms with Gasteiger partial charge >= 0.3 is 0 Å². The first kappa shape index (κ1) is 13.6. The minimum Gasteiger partial charge on any atom is -0.316 e. The number of hydrazine groups is 1. The molecule has 0 saturated heterocycles. The number of nitrogens with one attached hydrogen (secondary N) is 1. The molecule has 1 amide bonds. The van der Waals surface area contributed by atoms with Crippen LogP contribution in [0.5, 0.6) is 0 Å². The van der Waals surface area contributed by atoms with E-state index in [1.807, 2.05) is 47.0 Å². The van der Waals surface area contributed by atoms with Crippen LogP contribution in [-0.2, 0) is 11.3 Å². The van der Waals surface area contributed by atoms with E-state index >= 15 is 0 Å². The summed E-state index contributed by atoms with van der Waals surface area (Å²) in [7, 11) is 0. The zero-order chi connectivity index (χ0) is 15.8. The first-order valence-corrected chi connectivity index (χ1v) is 7.42. The molecule has 2 aromatic carbocycles. The Morgan fingerprint density at radius 2 is 1.65 bits per heavy atom. The van der Waals surface area contributed by atoms with Crippen molar-refractivity contribution in [2.75, 3.05) is 0 Å². The summed E-state index contributed by atoms with van der Waals surface area (Å²) in [4.78, 5) is 11.8. The highest BCUT2D eigenvalue weighted by Crippen LogP contribution is 2.28. The second-order valence-electron chi connectivity index (χ2n) is 5.47. The summed E-state index contributed by atoms with van der Waals surface area (Å²) >= 11 is 0. The Morgan fingerprint density at radius 1 is 0.957 bits per heavy atom. The number of nitrogens with zero attached hydrogens (tertiary/aromatic N) is 2. The minimum atomic E-state index is -0.226. The number of benzene rings is 2.